The number of nitrogens with one attached hydrogen (secondary N) is 1. The fourth-order valence-corrected chi connectivity index (χ4v) is 4.19. The second kappa shape index (κ2) is 7.66. The summed E-state index contributed by atoms with van der Waals surface area (Å²) in [5, 5.41) is 18.3. The highest BCUT2D eigenvalue weighted by molar-refractivity contribution is 7.20. The summed E-state index contributed by atoms with van der Waals surface area (Å²) in [4.78, 5) is 0.744. The summed E-state index contributed by atoms with van der Waals surface area (Å²) in [6.45, 7) is 0. The van der Waals surface area contributed by atoms with Gasteiger partial charge in [0.1, 0.15) is 0 Å². The third kappa shape index (κ3) is 3.60. The average molecular weight is 418 g/mol. The van der Waals surface area contributed by atoms with Crippen molar-refractivity contribution < 1.29 is 0 Å². The Morgan fingerprint density at radius 3 is 2.03 bits per heavy atom. The average Bonchev–Trinajstić information content (AvgIpc) is 3.33. The minimum Gasteiger partial charge on any atom is -0.330 e. The molecule has 1 N–H and O–H groups in total. The van der Waals surface area contributed by atoms with E-state index in [-0.39, 0.29) is 5.92 Å². The normalized spacial score (nSPS) is 11.2. The molecular weight excluding hydrogens is 402 g/mol. The van der Waals surface area contributed by atoms with Crippen molar-refractivity contribution in [2.75, 3.05) is 5.32 Å². The minimum absolute atomic E-state index is 0.0575. The number of halogens is 1. The summed E-state index contributed by atoms with van der Waals surface area (Å²) in [5.74, 6) is 0.732. The van der Waals surface area contributed by atoms with Crippen molar-refractivity contribution in [3.63, 3.8) is 0 Å². The molecule has 0 unspecified atom stereocenters. The third-order valence-corrected chi connectivity index (χ3v) is 5.70. The number of hydrogen-bond acceptors (Lipinski definition) is 5. The molecule has 0 saturated heterocycles. The lowest BCUT2D eigenvalue weighted by Crippen LogP contribution is -2.09. The summed E-state index contributed by atoms with van der Waals surface area (Å²) in [5.41, 5.74) is 3.21. The molecule has 0 aliphatic heterocycles. The van der Waals surface area contributed by atoms with Gasteiger partial charge in [-0.15, -0.1) is 15.3 Å². The lowest BCUT2D eigenvalue weighted by molar-refractivity contribution is 0.786. The Morgan fingerprint density at radius 2 is 1.41 bits per heavy atom. The van der Waals surface area contributed by atoms with E-state index in [1.54, 1.807) is 0 Å². The van der Waals surface area contributed by atoms with Crippen molar-refractivity contribution in [1.29, 1.82) is 0 Å². The van der Waals surface area contributed by atoms with Crippen LogP contribution in [-0.2, 0) is 0 Å². The lowest BCUT2D eigenvalue weighted by Gasteiger charge is -2.15. The van der Waals surface area contributed by atoms with E-state index in [1.165, 1.54) is 11.3 Å². The van der Waals surface area contributed by atoms with Gasteiger partial charge in [0.15, 0.2) is 5.82 Å². The first kappa shape index (κ1) is 17.8. The molecule has 0 bridgehead atoms. The molecule has 2 heterocycles. The van der Waals surface area contributed by atoms with Gasteiger partial charge in [0.2, 0.25) is 10.1 Å². The maximum Gasteiger partial charge on any atom is 0.236 e. The van der Waals surface area contributed by atoms with Gasteiger partial charge in [-0.3, -0.25) is 0 Å². The van der Waals surface area contributed by atoms with Gasteiger partial charge in [-0.25, -0.2) is 0 Å². The quantitative estimate of drug-likeness (QED) is 0.394. The molecule has 5 rings (SSSR count). The van der Waals surface area contributed by atoms with Gasteiger partial charge in [0.05, 0.1) is 5.92 Å². The zero-order valence-corrected chi connectivity index (χ0v) is 16.8. The van der Waals surface area contributed by atoms with Crippen LogP contribution in [0, 0.1) is 0 Å². The standard InChI is InChI=1S/C22H16ClN5S/c23-17-11-13-18(14-12-17)24-21-27-28-20(25-26-22(28)29-21)19(15-7-3-1-4-8-15)16-9-5-2-6-10-16/h1-14,19H,(H,24,27). The Morgan fingerprint density at radius 1 is 0.793 bits per heavy atom. The summed E-state index contributed by atoms with van der Waals surface area (Å²) in [7, 11) is 0. The van der Waals surface area contributed by atoms with E-state index in [9.17, 15) is 0 Å². The molecule has 142 valence electrons. The molecule has 0 saturated carbocycles. The van der Waals surface area contributed by atoms with Crippen molar-refractivity contribution in [1.82, 2.24) is 19.8 Å². The number of rotatable bonds is 5. The topological polar surface area (TPSA) is 55.1 Å². The number of benzene rings is 3. The van der Waals surface area contributed by atoms with Crippen molar-refractivity contribution in [3.05, 3.63) is 107 Å². The van der Waals surface area contributed by atoms with E-state index < -0.39 is 0 Å². The molecule has 5 aromatic rings. The van der Waals surface area contributed by atoms with Gasteiger partial charge in [-0.2, -0.15) is 4.52 Å². The molecule has 29 heavy (non-hydrogen) atoms. The first-order valence-electron chi connectivity index (χ1n) is 9.12. The molecule has 0 aliphatic carbocycles. The molecule has 0 amide bonds. The fourth-order valence-electron chi connectivity index (χ4n) is 3.30. The summed E-state index contributed by atoms with van der Waals surface area (Å²) in [6.07, 6.45) is 0. The SMILES string of the molecule is Clc1ccc(Nc2nn3c(C(c4ccccc4)c4ccccc4)nnc3s2)cc1. The summed E-state index contributed by atoms with van der Waals surface area (Å²) < 4.78 is 1.83. The van der Waals surface area contributed by atoms with Gasteiger partial charge >= 0.3 is 0 Å². The van der Waals surface area contributed by atoms with Gasteiger partial charge in [-0.1, -0.05) is 83.6 Å². The van der Waals surface area contributed by atoms with E-state index in [2.05, 4.69) is 39.8 Å². The molecule has 3 aromatic carbocycles. The van der Waals surface area contributed by atoms with Crippen LogP contribution in [0.2, 0.25) is 5.02 Å². The highest BCUT2D eigenvalue weighted by Gasteiger charge is 2.24. The highest BCUT2D eigenvalue weighted by Crippen LogP contribution is 2.32. The van der Waals surface area contributed by atoms with Crippen molar-refractivity contribution in [2.45, 2.75) is 5.92 Å². The highest BCUT2D eigenvalue weighted by atomic mass is 35.5. The number of hydrogen-bond donors (Lipinski definition) is 1. The maximum atomic E-state index is 5.97. The van der Waals surface area contributed by atoms with E-state index in [0.29, 0.717) is 5.02 Å². The molecule has 0 aliphatic rings. The molecule has 7 heteroatoms. The lowest BCUT2D eigenvalue weighted by atomic mass is 9.91. The zero-order valence-electron chi connectivity index (χ0n) is 15.2. The second-order valence-corrected chi connectivity index (χ2v) is 7.94. The first-order chi connectivity index (χ1) is 14.3. The van der Waals surface area contributed by atoms with Crippen LogP contribution in [-0.4, -0.2) is 19.8 Å². The zero-order chi connectivity index (χ0) is 19.6. The predicted octanol–water partition coefficient (Wildman–Crippen LogP) is 5.76. The molecular formula is C22H16ClN5S. The minimum atomic E-state index is -0.0575. The largest absolute Gasteiger partial charge is 0.330 e. The number of aromatic nitrogens is 4. The summed E-state index contributed by atoms with van der Waals surface area (Å²) in [6, 6.07) is 28.2. The Balaban J connectivity index is 1.57. The Hall–Kier alpha value is -3.22. The fraction of sp³-hybridized carbons (Fsp3) is 0.0455. The van der Waals surface area contributed by atoms with Crippen LogP contribution in [0.1, 0.15) is 22.9 Å². The van der Waals surface area contributed by atoms with E-state index >= 15 is 0 Å². The molecule has 0 atom stereocenters. The maximum absolute atomic E-state index is 5.97. The van der Waals surface area contributed by atoms with Crippen LogP contribution < -0.4 is 5.32 Å². The van der Waals surface area contributed by atoms with Crippen LogP contribution in [0.25, 0.3) is 4.96 Å². The van der Waals surface area contributed by atoms with Gasteiger partial charge in [-0.05, 0) is 35.4 Å². The van der Waals surface area contributed by atoms with Crippen molar-refractivity contribution in [2.24, 2.45) is 0 Å². The van der Waals surface area contributed by atoms with Crippen LogP contribution in [0.5, 0.6) is 0 Å². The Bertz CT molecular complexity index is 1190. The van der Waals surface area contributed by atoms with Gasteiger partial charge in [0.25, 0.3) is 0 Å². The van der Waals surface area contributed by atoms with E-state index in [0.717, 1.165) is 32.7 Å². The Kier molecular flexibility index (Phi) is 4.71. The van der Waals surface area contributed by atoms with Gasteiger partial charge in [0, 0.05) is 10.7 Å². The monoisotopic (exact) mass is 417 g/mol. The van der Waals surface area contributed by atoms with Crippen LogP contribution in [0.4, 0.5) is 10.8 Å². The molecule has 0 radical (unpaired) electrons. The summed E-state index contributed by atoms with van der Waals surface area (Å²) >= 11 is 7.43. The number of nitrogens with zero attached hydrogens (tertiary/aromatic N) is 4. The third-order valence-electron chi connectivity index (χ3n) is 4.63. The molecule has 5 nitrogen and oxygen atoms in total. The smallest absolute Gasteiger partial charge is 0.236 e. The van der Waals surface area contributed by atoms with Crippen LogP contribution in [0.15, 0.2) is 84.9 Å². The Labute approximate surface area is 176 Å². The number of fused-ring (bicyclic) bond motifs is 1. The van der Waals surface area contributed by atoms with E-state index in [4.69, 9.17) is 16.7 Å². The number of anilines is 2. The van der Waals surface area contributed by atoms with Crippen molar-refractivity contribution in [3.8, 4) is 0 Å². The first-order valence-corrected chi connectivity index (χ1v) is 10.3. The second-order valence-electron chi connectivity index (χ2n) is 6.55. The van der Waals surface area contributed by atoms with Gasteiger partial charge < -0.3 is 5.32 Å². The van der Waals surface area contributed by atoms with Crippen LogP contribution in [0.3, 0.4) is 0 Å². The van der Waals surface area contributed by atoms with Crippen molar-refractivity contribution >= 4 is 38.7 Å². The molecule has 2 aromatic heterocycles. The molecule has 0 spiro atoms. The van der Waals surface area contributed by atoms with E-state index in [1.807, 2.05) is 65.2 Å². The van der Waals surface area contributed by atoms with Crippen LogP contribution >= 0.6 is 22.9 Å². The molecule has 0 fully saturated rings. The predicted molar refractivity (Wildman–Crippen MR) is 117 cm³/mol.